The Morgan fingerprint density at radius 1 is 0.778 bits per heavy atom. The molecule has 0 unspecified atom stereocenters. The lowest BCUT2D eigenvalue weighted by Crippen LogP contribution is -2.47. The summed E-state index contributed by atoms with van der Waals surface area (Å²) < 4.78 is 13.1. The fourth-order valence-corrected chi connectivity index (χ4v) is 3.69. The number of piperazine rings is 2. The van der Waals surface area contributed by atoms with Crippen molar-refractivity contribution in [2.45, 2.75) is 6.92 Å². The van der Waals surface area contributed by atoms with Gasteiger partial charge in [0.15, 0.2) is 0 Å². The van der Waals surface area contributed by atoms with Crippen LogP contribution < -0.4 is 14.7 Å². The smallest absolute Gasteiger partial charge is 0.227 e. The highest BCUT2D eigenvalue weighted by molar-refractivity contribution is 5.51. The van der Waals surface area contributed by atoms with E-state index >= 15 is 0 Å². The van der Waals surface area contributed by atoms with Crippen molar-refractivity contribution in [3.8, 4) is 0 Å². The largest absolute Gasteiger partial charge is 0.368 e. The van der Waals surface area contributed by atoms with Crippen LogP contribution in [0.3, 0.4) is 0 Å². The third-order valence-electron chi connectivity index (χ3n) is 5.41. The van der Waals surface area contributed by atoms with Crippen molar-refractivity contribution in [2.75, 3.05) is 74.1 Å². The highest BCUT2D eigenvalue weighted by atomic mass is 19.1. The minimum absolute atomic E-state index is 0.190. The zero-order chi connectivity index (χ0) is 18.8. The number of benzene rings is 1. The third-order valence-corrected chi connectivity index (χ3v) is 5.41. The number of hydrogen-bond acceptors (Lipinski definition) is 6. The highest BCUT2D eigenvalue weighted by Crippen LogP contribution is 2.22. The van der Waals surface area contributed by atoms with Gasteiger partial charge in [-0.25, -0.2) is 9.37 Å². The van der Waals surface area contributed by atoms with E-state index in [4.69, 9.17) is 4.98 Å². The van der Waals surface area contributed by atoms with Crippen molar-refractivity contribution in [1.29, 1.82) is 0 Å². The Kier molecular flexibility index (Phi) is 5.11. The molecule has 0 amide bonds. The van der Waals surface area contributed by atoms with E-state index in [0.717, 1.165) is 75.5 Å². The summed E-state index contributed by atoms with van der Waals surface area (Å²) in [6.07, 6.45) is 0. The lowest BCUT2D eigenvalue weighted by atomic mass is 10.2. The number of likely N-dealkylation sites (N-methyl/N-ethyl adjacent to an activating group) is 1. The molecule has 1 aromatic carbocycles. The van der Waals surface area contributed by atoms with Gasteiger partial charge in [0.1, 0.15) is 11.6 Å². The van der Waals surface area contributed by atoms with Crippen molar-refractivity contribution < 1.29 is 4.39 Å². The summed E-state index contributed by atoms with van der Waals surface area (Å²) in [5, 5.41) is 0. The molecule has 27 heavy (non-hydrogen) atoms. The summed E-state index contributed by atoms with van der Waals surface area (Å²) in [6, 6.07) is 8.83. The molecule has 1 aromatic heterocycles. The minimum atomic E-state index is -0.190. The average molecular weight is 370 g/mol. The lowest BCUT2D eigenvalue weighted by molar-refractivity contribution is 0.311. The van der Waals surface area contributed by atoms with Crippen molar-refractivity contribution in [3.63, 3.8) is 0 Å². The molecule has 3 heterocycles. The summed E-state index contributed by atoms with van der Waals surface area (Å²) in [5.41, 5.74) is 2.09. The molecule has 0 N–H and O–H groups in total. The Balaban J connectivity index is 1.44. The maximum atomic E-state index is 13.1. The normalized spacial score (nSPS) is 18.9. The van der Waals surface area contributed by atoms with Crippen LogP contribution in [-0.2, 0) is 0 Å². The van der Waals surface area contributed by atoms with Gasteiger partial charge in [-0.15, -0.1) is 0 Å². The van der Waals surface area contributed by atoms with Gasteiger partial charge < -0.3 is 19.6 Å². The molecule has 6 nitrogen and oxygen atoms in total. The number of hydrogen-bond donors (Lipinski definition) is 0. The maximum absolute atomic E-state index is 13.1. The Hall–Kier alpha value is -2.41. The van der Waals surface area contributed by atoms with E-state index in [2.05, 4.69) is 37.7 Å². The molecule has 144 valence electrons. The number of rotatable bonds is 3. The molecule has 2 aliphatic rings. The van der Waals surface area contributed by atoms with Crippen LogP contribution in [0.1, 0.15) is 5.69 Å². The standard InChI is InChI=1S/C20H27FN6/c1-16-15-19(23-20(22-16)27-9-7-24(2)8-10-27)26-13-11-25(12-14-26)18-5-3-17(21)4-6-18/h3-6,15H,7-14H2,1-2H3. The predicted molar refractivity (Wildman–Crippen MR) is 107 cm³/mol. The molecular weight excluding hydrogens is 343 g/mol. The molecular formula is C20H27FN6. The van der Waals surface area contributed by atoms with E-state index in [-0.39, 0.29) is 5.82 Å². The lowest BCUT2D eigenvalue weighted by Gasteiger charge is -2.37. The molecule has 0 bridgehead atoms. The first kappa shape index (κ1) is 18.0. The molecule has 0 saturated carbocycles. The second-order valence-corrected chi connectivity index (χ2v) is 7.41. The Labute approximate surface area is 160 Å². The van der Waals surface area contributed by atoms with Gasteiger partial charge in [-0.2, -0.15) is 4.98 Å². The topological polar surface area (TPSA) is 38.7 Å². The number of anilines is 3. The van der Waals surface area contributed by atoms with Gasteiger partial charge in [0.25, 0.3) is 0 Å². The highest BCUT2D eigenvalue weighted by Gasteiger charge is 2.22. The first-order valence-electron chi connectivity index (χ1n) is 9.63. The fraction of sp³-hybridized carbons (Fsp3) is 0.500. The summed E-state index contributed by atoms with van der Waals surface area (Å²) in [5.74, 6) is 1.67. The van der Waals surface area contributed by atoms with Crippen LogP contribution in [0.25, 0.3) is 0 Å². The molecule has 2 aliphatic heterocycles. The number of aryl methyl sites for hydroxylation is 1. The van der Waals surface area contributed by atoms with Crippen LogP contribution in [0.5, 0.6) is 0 Å². The Morgan fingerprint density at radius 3 is 2.04 bits per heavy atom. The van der Waals surface area contributed by atoms with E-state index in [1.54, 1.807) is 0 Å². The van der Waals surface area contributed by atoms with Crippen LogP contribution in [-0.4, -0.2) is 74.3 Å². The van der Waals surface area contributed by atoms with Gasteiger partial charge in [0.2, 0.25) is 5.95 Å². The van der Waals surface area contributed by atoms with E-state index < -0.39 is 0 Å². The first-order valence-corrected chi connectivity index (χ1v) is 9.63. The molecule has 2 saturated heterocycles. The minimum Gasteiger partial charge on any atom is -0.368 e. The number of halogens is 1. The van der Waals surface area contributed by atoms with Crippen molar-refractivity contribution in [3.05, 3.63) is 41.8 Å². The zero-order valence-electron chi connectivity index (χ0n) is 16.1. The molecule has 4 rings (SSSR count). The number of nitrogens with zero attached hydrogens (tertiary/aromatic N) is 6. The second-order valence-electron chi connectivity index (χ2n) is 7.41. The third kappa shape index (κ3) is 4.13. The molecule has 7 heteroatoms. The average Bonchev–Trinajstić information content (AvgIpc) is 2.69. The quantitative estimate of drug-likeness (QED) is 0.823. The summed E-state index contributed by atoms with van der Waals surface area (Å²) in [7, 11) is 2.15. The SMILES string of the molecule is Cc1cc(N2CCN(c3ccc(F)cc3)CC2)nc(N2CCN(C)CC2)n1. The van der Waals surface area contributed by atoms with Crippen LogP contribution in [0, 0.1) is 12.7 Å². The van der Waals surface area contributed by atoms with E-state index in [1.165, 1.54) is 12.1 Å². The number of aromatic nitrogens is 2. The monoisotopic (exact) mass is 370 g/mol. The van der Waals surface area contributed by atoms with E-state index in [1.807, 2.05) is 19.1 Å². The predicted octanol–water partition coefficient (Wildman–Crippen LogP) is 2.00. The van der Waals surface area contributed by atoms with Crippen LogP contribution in [0.15, 0.2) is 30.3 Å². The molecule has 0 radical (unpaired) electrons. The molecule has 0 atom stereocenters. The first-order chi connectivity index (χ1) is 13.1. The molecule has 2 aromatic rings. The van der Waals surface area contributed by atoms with Crippen molar-refractivity contribution in [2.24, 2.45) is 0 Å². The fourth-order valence-electron chi connectivity index (χ4n) is 3.69. The van der Waals surface area contributed by atoms with Gasteiger partial charge in [-0.1, -0.05) is 0 Å². The van der Waals surface area contributed by atoms with Gasteiger partial charge in [0.05, 0.1) is 0 Å². The van der Waals surface area contributed by atoms with E-state index in [0.29, 0.717) is 0 Å². The van der Waals surface area contributed by atoms with Crippen LogP contribution in [0.2, 0.25) is 0 Å². The van der Waals surface area contributed by atoms with Gasteiger partial charge in [-0.3, -0.25) is 0 Å². The second kappa shape index (κ2) is 7.68. The Morgan fingerprint density at radius 2 is 1.37 bits per heavy atom. The van der Waals surface area contributed by atoms with Crippen LogP contribution >= 0.6 is 0 Å². The van der Waals surface area contributed by atoms with Gasteiger partial charge in [0, 0.05) is 69.8 Å². The van der Waals surface area contributed by atoms with Crippen molar-refractivity contribution >= 4 is 17.5 Å². The van der Waals surface area contributed by atoms with Gasteiger partial charge in [-0.05, 0) is 38.2 Å². The van der Waals surface area contributed by atoms with Gasteiger partial charge >= 0.3 is 0 Å². The van der Waals surface area contributed by atoms with E-state index in [9.17, 15) is 4.39 Å². The maximum Gasteiger partial charge on any atom is 0.227 e. The summed E-state index contributed by atoms with van der Waals surface area (Å²) in [4.78, 5) is 18.8. The summed E-state index contributed by atoms with van der Waals surface area (Å²) >= 11 is 0. The molecule has 2 fully saturated rings. The Bertz CT molecular complexity index is 765. The van der Waals surface area contributed by atoms with Crippen LogP contribution in [0.4, 0.5) is 21.8 Å². The van der Waals surface area contributed by atoms with Crippen molar-refractivity contribution in [1.82, 2.24) is 14.9 Å². The zero-order valence-corrected chi connectivity index (χ0v) is 16.1. The molecule has 0 spiro atoms. The molecule has 0 aliphatic carbocycles. The summed E-state index contributed by atoms with van der Waals surface area (Å²) in [6.45, 7) is 9.67.